The molecule has 0 amide bonds. The normalized spacial score (nSPS) is 19.3. The van der Waals surface area contributed by atoms with E-state index in [1.807, 2.05) is 11.3 Å². The maximum absolute atomic E-state index is 10.6. The van der Waals surface area contributed by atoms with Crippen molar-refractivity contribution in [1.82, 2.24) is 4.90 Å². The first-order valence-electron chi connectivity index (χ1n) is 5.49. The second-order valence-corrected chi connectivity index (χ2v) is 5.43. The Labute approximate surface area is 94.9 Å². The van der Waals surface area contributed by atoms with Crippen LogP contribution in [0.2, 0.25) is 0 Å². The van der Waals surface area contributed by atoms with E-state index in [9.17, 15) is 4.79 Å². The number of hydrogen-bond donors (Lipinski definition) is 0. The van der Waals surface area contributed by atoms with Crippen LogP contribution < -0.4 is 0 Å². The van der Waals surface area contributed by atoms with Crippen LogP contribution in [0.1, 0.15) is 23.3 Å². The molecule has 3 heteroatoms. The van der Waals surface area contributed by atoms with E-state index in [2.05, 4.69) is 23.3 Å². The molecule has 0 aromatic carbocycles. The molecule has 1 fully saturated rings. The standard InChI is InChI=1S/C12H17NOS/c1-10-6-12(9-15-10)7-13-4-2-11(8-14)3-5-13/h6,8-9,11H,2-5,7H2,1H3. The zero-order valence-corrected chi connectivity index (χ0v) is 9.93. The van der Waals surface area contributed by atoms with Crippen molar-refractivity contribution in [3.8, 4) is 0 Å². The molecule has 0 saturated carbocycles. The topological polar surface area (TPSA) is 20.3 Å². The summed E-state index contributed by atoms with van der Waals surface area (Å²) in [6, 6.07) is 2.26. The van der Waals surface area contributed by atoms with E-state index in [1.54, 1.807) is 0 Å². The Hall–Kier alpha value is -0.670. The van der Waals surface area contributed by atoms with E-state index >= 15 is 0 Å². The van der Waals surface area contributed by atoms with Gasteiger partial charge in [-0.05, 0) is 49.9 Å². The summed E-state index contributed by atoms with van der Waals surface area (Å²) in [5.41, 5.74) is 1.42. The van der Waals surface area contributed by atoms with Gasteiger partial charge in [0, 0.05) is 17.3 Å². The molecular formula is C12H17NOS. The maximum atomic E-state index is 10.6. The van der Waals surface area contributed by atoms with Crippen molar-refractivity contribution in [2.45, 2.75) is 26.3 Å². The number of rotatable bonds is 3. The summed E-state index contributed by atoms with van der Waals surface area (Å²) < 4.78 is 0. The van der Waals surface area contributed by atoms with Gasteiger partial charge >= 0.3 is 0 Å². The molecule has 0 unspecified atom stereocenters. The molecule has 2 heterocycles. The van der Waals surface area contributed by atoms with Gasteiger partial charge in [0.05, 0.1) is 0 Å². The molecular weight excluding hydrogens is 206 g/mol. The van der Waals surface area contributed by atoms with Gasteiger partial charge in [0.1, 0.15) is 6.29 Å². The van der Waals surface area contributed by atoms with Gasteiger partial charge in [-0.25, -0.2) is 0 Å². The first kappa shape index (κ1) is 10.8. The van der Waals surface area contributed by atoms with Crippen molar-refractivity contribution in [3.05, 3.63) is 21.9 Å². The molecule has 1 aliphatic heterocycles. The van der Waals surface area contributed by atoms with Crippen LogP contribution in [0.15, 0.2) is 11.4 Å². The SMILES string of the molecule is Cc1cc(CN2CCC(C=O)CC2)cs1. The van der Waals surface area contributed by atoms with Gasteiger partial charge < -0.3 is 4.79 Å². The van der Waals surface area contributed by atoms with Gasteiger partial charge in [-0.1, -0.05) is 0 Å². The molecule has 0 atom stereocenters. The third-order valence-corrected chi connectivity index (χ3v) is 3.93. The average molecular weight is 223 g/mol. The Balaban J connectivity index is 1.84. The van der Waals surface area contributed by atoms with Crippen LogP contribution in [0, 0.1) is 12.8 Å². The number of thiophene rings is 1. The highest BCUT2D eigenvalue weighted by Crippen LogP contribution is 2.19. The van der Waals surface area contributed by atoms with E-state index in [1.165, 1.54) is 10.4 Å². The van der Waals surface area contributed by atoms with Crippen molar-refractivity contribution in [1.29, 1.82) is 0 Å². The molecule has 1 aromatic rings. The monoisotopic (exact) mass is 223 g/mol. The van der Waals surface area contributed by atoms with Crippen LogP contribution in [0.3, 0.4) is 0 Å². The Kier molecular flexibility index (Phi) is 3.54. The summed E-state index contributed by atoms with van der Waals surface area (Å²) in [5.74, 6) is 0.311. The Morgan fingerprint density at radius 1 is 1.53 bits per heavy atom. The molecule has 1 saturated heterocycles. The Morgan fingerprint density at radius 2 is 2.27 bits per heavy atom. The van der Waals surface area contributed by atoms with Crippen molar-refractivity contribution in [2.24, 2.45) is 5.92 Å². The lowest BCUT2D eigenvalue weighted by Crippen LogP contribution is -2.33. The minimum atomic E-state index is 0.311. The predicted octanol–water partition coefficient (Wildman–Crippen LogP) is 2.47. The Bertz CT molecular complexity index is 326. The van der Waals surface area contributed by atoms with Crippen LogP contribution >= 0.6 is 11.3 Å². The molecule has 0 bridgehead atoms. The van der Waals surface area contributed by atoms with E-state index < -0.39 is 0 Å². The number of carbonyl (C=O) groups excluding carboxylic acids is 1. The van der Waals surface area contributed by atoms with Gasteiger partial charge in [0.2, 0.25) is 0 Å². The molecule has 2 nitrogen and oxygen atoms in total. The number of likely N-dealkylation sites (tertiary alicyclic amines) is 1. The number of hydrogen-bond acceptors (Lipinski definition) is 3. The molecule has 15 heavy (non-hydrogen) atoms. The largest absolute Gasteiger partial charge is 0.303 e. The summed E-state index contributed by atoms with van der Waals surface area (Å²) in [7, 11) is 0. The number of nitrogens with zero attached hydrogens (tertiary/aromatic N) is 1. The van der Waals surface area contributed by atoms with Gasteiger partial charge in [-0.3, -0.25) is 4.90 Å². The lowest BCUT2D eigenvalue weighted by atomic mass is 9.98. The van der Waals surface area contributed by atoms with Crippen LogP contribution in [0.4, 0.5) is 0 Å². The quantitative estimate of drug-likeness (QED) is 0.734. The van der Waals surface area contributed by atoms with Crippen molar-refractivity contribution >= 4 is 17.6 Å². The molecule has 0 radical (unpaired) electrons. The summed E-state index contributed by atoms with van der Waals surface area (Å²) in [5, 5.41) is 2.24. The highest BCUT2D eigenvalue weighted by atomic mass is 32.1. The minimum absolute atomic E-state index is 0.311. The molecule has 0 N–H and O–H groups in total. The van der Waals surface area contributed by atoms with E-state index in [4.69, 9.17) is 0 Å². The number of piperidine rings is 1. The van der Waals surface area contributed by atoms with E-state index in [0.29, 0.717) is 5.92 Å². The second-order valence-electron chi connectivity index (χ2n) is 4.32. The summed E-state index contributed by atoms with van der Waals surface area (Å²) in [6.07, 6.45) is 3.19. The summed E-state index contributed by atoms with van der Waals surface area (Å²) in [4.78, 5) is 14.4. The van der Waals surface area contributed by atoms with Gasteiger partial charge in [0.15, 0.2) is 0 Å². The first-order valence-corrected chi connectivity index (χ1v) is 6.37. The smallest absolute Gasteiger partial charge is 0.123 e. The summed E-state index contributed by atoms with van der Waals surface area (Å²) in [6.45, 7) is 5.33. The van der Waals surface area contributed by atoms with Crippen molar-refractivity contribution in [2.75, 3.05) is 13.1 Å². The minimum Gasteiger partial charge on any atom is -0.303 e. The summed E-state index contributed by atoms with van der Waals surface area (Å²) >= 11 is 1.82. The van der Waals surface area contributed by atoms with E-state index in [0.717, 1.165) is 38.8 Å². The first-order chi connectivity index (χ1) is 7.28. The zero-order valence-electron chi connectivity index (χ0n) is 9.11. The van der Waals surface area contributed by atoms with Crippen molar-refractivity contribution < 1.29 is 4.79 Å². The van der Waals surface area contributed by atoms with Gasteiger partial charge in [0.25, 0.3) is 0 Å². The highest BCUT2D eigenvalue weighted by Gasteiger charge is 2.18. The number of carbonyl (C=O) groups is 1. The lowest BCUT2D eigenvalue weighted by molar-refractivity contribution is -0.112. The van der Waals surface area contributed by atoms with Crippen LogP contribution in [0.25, 0.3) is 0 Å². The molecule has 2 rings (SSSR count). The van der Waals surface area contributed by atoms with Crippen LogP contribution in [-0.2, 0) is 11.3 Å². The fourth-order valence-electron chi connectivity index (χ4n) is 2.09. The van der Waals surface area contributed by atoms with Gasteiger partial charge in [-0.2, -0.15) is 0 Å². The zero-order chi connectivity index (χ0) is 10.7. The number of aldehydes is 1. The lowest BCUT2D eigenvalue weighted by Gasteiger charge is -2.29. The maximum Gasteiger partial charge on any atom is 0.123 e. The van der Waals surface area contributed by atoms with E-state index in [-0.39, 0.29) is 0 Å². The molecule has 0 aliphatic carbocycles. The third kappa shape index (κ3) is 2.89. The predicted molar refractivity (Wildman–Crippen MR) is 63.1 cm³/mol. The average Bonchev–Trinajstić information content (AvgIpc) is 2.65. The fraction of sp³-hybridized carbons (Fsp3) is 0.583. The highest BCUT2D eigenvalue weighted by molar-refractivity contribution is 7.10. The van der Waals surface area contributed by atoms with Crippen molar-refractivity contribution in [3.63, 3.8) is 0 Å². The number of aryl methyl sites for hydroxylation is 1. The van der Waals surface area contributed by atoms with Crippen LogP contribution in [-0.4, -0.2) is 24.3 Å². The molecule has 82 valence electrons. The third-order valence-electron chi connectivity index (χ3n) is 3.02. The van der Waals surface area contributed by atoms with Crippen LogP contribution in [0.5, 0.6) is 0 Å². The second kappa shape index (κ2) is 4.90. The fourth-order valence-corrected chi connectivity index (χ4v) is 2.79. The Morgan fingerprint density at radius 3 is 2.80 bits per heavy atom. The molecule has 1 aromatic heterocycles. The van der Waals surface area contributed by atoms with Gasteiger partial charge in [-0.15, -0.1) is 11.3 Å². The molecule has 0 spiro atoms. The molecule has 1 aliphatic rings.